The van der Waals surface area contributed by atoms with Gasteiger partial charge in [-0.2, -0.15) is 4.98 Å². The summed E-state index contributed by atoms with van der Waals surface area (Å²) in [5, 5.41) is 20.9. The van der Waals surface area contributed by atoms with Crippen molar-refractivity contribution in [3.63, 3.8) is 0 Å². The largest absolute Gasteiger partial charge is 0.396 e. The number of rotatable bonds is 8. The van der Waals surface area contributed by atoms with Crippen LogP contribution in [0.3, 0.4) is 0 Å². The van der Waals surface area contributed by atoms with Gasteiger partial charge in [0.15, 0.2) is 5.96 Å². The predicted octanol–water partition coefficient (Wildman–Crippen LogP) is 3.78. The zero-order chi connectivity index (χ0) is 20.5. The van der Waals surface area contributed by atoms with Crippen LogP contribution in [0.5, 0.6) is 0 Å². The van der Waals surface area contributed by atoms with Gasteiger partial charge in [0.1, 0.15) is 6.54 Å². The zero-order valence-electron chi connectivity index (χ0n) is 17.0. The summed E-state index contributed by atoms with van der Waals surface area (Å²) in [7, 11) is 0. The van der Waals surface area contributed by atoms with Gasteiger partial charge in [-0.05, 0) is 43.7 Å². The number of aliphatic imine (C=N–C) groups is 1. The minimum atomic E-state index is 0.146. The first-order chi connectivity index (χ1) is 14.1. The SMILES string of the molecule is CCNC(=NCc1nc(-c2cccc(Cl)c2)no1)NCC1(CCO)CCCCC1. The monoisotopic (exact) mass is 419 g/mol. The van der Waals surface area contributed by atoms with E-state index in [1.165, 1.54) is 19.3 Å². The Bertz CT molecular complexity index is 796. The normalized spacial score (nSPS) is 16.6. The minimum Gasteiger partial charge on any atom is -0.396 e. The smallest absolute Gasteiger partial charge is 0.248 e. The highest BCUT2D eigenvalue weighted by molar-refractivity contribution is 6.30. The summed E-state index contributed by atoms with van der Waals surface area (Å²) < 4.78 is 5.34. The van der Waals surface area contributed by atoms with Crippen LogP contribution in [0.2, 0.25) is 5.02 Å². The molecule has 1 fully saturated rings. The van der Waals surface area contributed by atoms with Gasteiger partial charge >= 0.3 is 0 Å². The Morgan fingerprint density at radius 2 is 2.10 bits per heavy atom. The lowest BCUT2D eigenvalue weighted by molar-refractivity contribution is 0.131. The first-order valence-corrected chi connectivity index (χ1v) is 10.7. The quantitative estimate of drug-likeness (QED) is 0.445. The van der Waals surface area contributed by atoms with E-state index in [0.29, 0.717) is 16.7 Å². The fourth-order valence-corrected chi connectivity index (χ4v) is 4.07. The van der Waals surface area contributed by atoms with Gasteiger partial charge < -0.3 is 20.3 Å². The molecule has 1 aromatic heterocycles. The van der Waals surface area contributed by atoms with Crippen molar-refractivity contribution >= 4 is 17.6 Å². The van der Waals surface area contributed by atoms with Crippen molar-refractivity contribution in [1.82, 2.24) is 20.8 Å². The van der Waals surface area contributed by atoms with E-state index in [9.17, 15) is 5.11 Å². The summed E-state index contributed by atoms with van der Waals surface area (Å²) >= 11 is 6.03. The van der Waals surface area contributed by atoms with E-state index in [4.69, 9.17) is 16.1 Å². The Morgan fingerprint density at radius 1 is 1.28 bits per heavy atom. The Labute approximate surface area is 177 Å². The molecule has 0 bridgehead atoms. The number of benzene rings is 1. The van der Waals surface area contributed by atoms with Crippen LogP contribution < -0.4 is 10.6 Å². The van der Waals surface area contributed by atoms with Crippen LogP contribution in [0.4, 0.5) is 0 Å². The van der Waals surface area contributed by atoms with E-state index in [1.807, 2.05) is 19.1 Å². The molecule has 1 aliphatic rings. The van der Waals surface area contributed by atoms with Crippen LogP contribution in [0.1, 0.15) is 51.3 Å². The highest BCUT2D eigenvalue weighted by atomic mass is 35.5. The third-order valence-corrected chi connectivity index (χ3v) is 5.69. The Morgan fingerprint density at radius 3 is 2.83 bits per heavy atom. The molecule has 0 radical (unpaired) electrons. The van der Waals surface area contributed by atoms with Crippen molar-refractivity contribution in [2.45, 2.75) is 52.0 Å². The topological polar surface area (TPSA) is 95.6 Å². The van der Waals surface area contributed by atoms with Gasteiger partial charge in [-0.3, -0.25) is 0 Å². The van der Waals surface area contributed by atoms with Crippen molar-refractivity contribution in [2.24, 2.45) is 10.4 Å². The maximum absolute atomic E-state index is 9.51. The summed E-state index contributed by atoms with van der Waals surface area (Å²) in [6, 6.07) is 7.35. The summed E-state index contributed by atoms with van der Waals surface area (Å²) in [5.74, 6) is 1.66. The molecular formula is C21H30ClN5O2. The number of aromatic nitrogens is 2. The number of nitrogens with one attached hydrogen (secondary N) is 2. The summed E-state index contributed by atoms with van der Waals surface area (Å²) in [5.41, 5.74) is 0.956. The first kappa shape index (κ1) is 21.6. The predicted molar refractivity (Wildman–Crippen MR) is 115 cm³/mol. The molecule has 0 unspecified atom stereocenters. The molecule has 0 amide bonds. The Hall–Kier alpha value is -2.12. The maximum atomic E-state index is 9.51. The number of guanidine groups is 1. The van der Waals surface area contributed by atoms with Crippen LogP contribution in [0.25, 0.3) is 11.4 Å². The highest BCUT2D eigenvalue weighted by Gasteiger charge is 2.31. The summed E-state index contributed by atoms with van der Waals surface area (Å²) in [6.45, 7) is 4.11. The van der Waals surface area contributed by atoms with Gasteiger partial charge in [0, 0.05) is 30.3 Å². The van der Waals surface area contributed by atoms with Crippen LogP contribution in [0.15, 0.2) is 33.8 Å². The van der Waals surface area contributed by atoms with E-state index >= 15 is 0 Å². The fraction of sp³-hybridized carbons (Fsp3) is 0.571. The number of hydrogen-bond donors (Lipinski definition) is 3. The molecule has 158 valence electrons. The van der Waals surface area contributed by atoms with Gasteiger partial charge in [0.2, 0.25) is 11.7 Å². The molecule has 0 spiro atoms. The molecule has 8 heteroatoms. The molecule has 3 N–H and O–H groups in total. The van der Waals surface area contributed by atoms with E-state index < -0.39 is 0 Å². The van der Waals surface area contributed by atoms with E-state index in [2.05, 4.69) is 25.8 Å². The zero-order valence-corrected chi connectivity index (χ0v) is 17.7. The highest BCUT2D eigenvalue weighted by Crippen LogP contribution is 2.38. The van der Waals surface area contributed by atoms with Crippen molar-refractivity contribution in [2.75, 3.05) is 19.7 Å². The number of aliphatic hydroxyl groups excluding tert-OH is 1. The average molecular weight is 420 g/mol. The molecule has 1 heterocycles. The third-order valence-electron chi connectivity index (χ3n) is 5.45. The lowest BCUT2D eigenvalue weighted by Gasteiger charge is -2.37. The summed E-state index contributed by atoms with van der Waals surface area (Å²) in [6.07, 6.45) is 6.85. The van der Waals surface area contributed by atoms with Crippen molar-refractivity contribution in [1.29, 1.82) is 0 Å². The number of aliphatic hydroxyl groups is 1. The van der Waals surface area contributed by atoms with Crippen LogP contribution in [-0.4, -0.2) is 40.9 Å². The number of nitrogens with zero attached hydrogens (tertiary/aromatic N) is 3. The fourth-order valence-electron chi connectivity index (χ4n) is 3.88. The molecule has 7 nitrogen and oxygen atoms in total. The van der Waals surface area contributed by atoms with Gasteiger partial charge in [-0.25, -0.2) is 4.99 Å². The molecule has 1 aromatic carbocycles. The second-order valence-electron chi connectivity index (χ2n) is 7.61. The Kier molecular flexibility index (Phi) is 7.89. The Balaban J connectivity index is 1.63. The maximum Gasteiger partial charge on any atom is 0.248 e. The lowest BCUT2D eigenvalue weighted by atomic mass is 9.72. The van der Waals surface area contributed by atoms with E-state index in [0.717, 1.165) is 43.9 Å². The third kappa shape index (κ3) is 6.18. The second kappa shape index (κ2) is 10.6. The molecule has 2 aromatic rings. The molecule has 0 aliphatic heterocycles. The summed E-state index contributed by atoms with van der Waals surface area (Å²) in [4.78, 5) is 9.01. The van der Waals surface area contributed by atoms with Crippen molar-refractivity contribution < 1.29 is 9.63 Å². The first-order valence-electron chi connectivity index (χ1n) is 10.4. The lowest BCUT2D eigenvalue weighted by Crippen LogP contribution is -2.44. The second-order valence-corrected chi connectivity index (χ2v) is 8.04. The molecule has 29 heavy (non-hydrogen) atoms. The van der Waals surface area contributed by atoms with Crippen LogP contribution in [-0.2, 0) is 6.54 Å². The molecule has 1 aliphatic carbocycles. The van der Waals surface area contributed by atoms with Crippen LogP contribution in [0, 0.1) is 5.41 Å². The number of hydrogen-bond acceptors (Lipinski definition) is 5. The average Bonchev–Trinajstić information content (AvgIpc) is 3.20. The molecular weight excluding hydrogens is 390 g/mol. The van der Waals surface area contributed by atoms with Crippen molar-refractivity contribution in [3.05, 3.63) is 35.2 Å². The van der Waals surface area contributed by atoms with Crippen LogP contribution >= 0.6 is 11.6 Å². The minimum absolute atomic E-state index is 0.146. The molecule has 0 atom stereocenters. The van der Waals surface area contributed by atoms with E-state index in [1.54, 1.807) is 12.1 Å². The molecule has 1 saturated carbocycles. The molecule has 0 saturated heterocycles. The van der Waals surface area contributed by atoms with E-state index in [-0.39, 0.29) is 18.6 Å². The molecule has 3 rings (SSSR count). The van der Waals surface area contributed by atoms with Crippen molar-refractivity contribution in [3.8, 4) is 11.4 Å². The van der Waals surface area contributed by atoms with Gasteiger partial charge in [0.25, 0.3) is 0 Å². The standard InChI is InChI=1S/C21H30ClN5O2/c1-2-23-20(25-15-21(11-12-28)9-4-3-5-10-21)24-14-18-26-19(27-29-18)16-7-6-8-17(22)13-16/h6-8,13,28H,2-5,9-12,14-15H2,1H3,(H2,23,24,25). The van der Waals surface area contributed by atoms with Gasteiger partial charge in [-0.1, -0.05) is 48.2 Å². The van der Waals surface area contributed by atoms with Gasteiger partial charge in [-0.15, -0.1) is 0 Å². The number of halogens is 1. The van der Waals surface area contributed by atoms with Gasteiger partial charge in [0.05, 0.1) is 0 Å².